The second-order valence-corrected chi connectivity index (χ2v) is 6.57. The van der Waals surface area contributed by atoms with Gasteiger partial charge in [-0.15, -0.1) is 0 Å². The van der Waals surface area contributed by atoms with E-state index < -0.39 is 5.97 Å². The monoisotopic (exact) mass is 307 g/mol. The normalized spacial score (nSPS) is 18.7. The second-order valence-electron chi connectivity index (χ2n) is 6.57. The molecular formula is C17H25NO4. The molecule has 0 bridgehead atoms. The summed E-state index contributed by atoms with van der Waals surface area (Å²) < 4.78 is 5.31. The Morgan fingerprint density at radius 3 is 2.77 bits per heavy atom. The predicted octanol–water partition coefficient (Wildman–Crippen LogP) is 3.26. The van der Waals surface area contributed by atoms with Crippen molar-refractivity contribution in [3.8, 4) is 0 Å². The zero-order valence-electron chi connectivity index (χ0n) is 13.6. The fourth-order valence-corrected chi connectivity index (χ4v) is 3.25. The average Bonchev–Trinajstić information content (AvgIpc) is 2.78. The number of nitrogens with zero attached hydrogens (tertiary/aromatic N) is 1. The van der Waals surface area contributed by atoms with Crippen LogP contribution < -0.4 is 0 Å². The molecular weight excluding hydrogens is 282 g/mol. The number of carboxylic acid groups (broad SMARTS) is 1. The number of aryl methyl sites for hydroxylation is 1. The van der Waals surface area contributed by atoms with Crippen molar-refractivity contribution in [1.29, 1.82) is 0 Å². The molecule has 1 saturated heterocycles. The lowest BCUT2D eigenvalue weighted by Gasteiger charge is -2.37. The minimum atomic E-state index is -0.985. The van der Waals surface area contributed by atoms with Gasteiger partial charge < -0.3 is 14.4 Å². The minimum absolute atomic E-state index is 0.0761. The molecule has 0 saturated carbocycles. The van der Waals surface area contributed by atoms with Gasteiger partial charge in [-0.2, -0.15) is 0 Å². The van der Waals surface area contributed by atoms with Crippen LogP contribution >= 0.6 is 0 Å². The molecule has 2 rings (SSSR count). The molecule has 1 N–H and O–H groups in total. The number of carboxylic acids is 1. The zero-order valence-corrected chi connectivity index (χ0v) is 13.6. The SMILES string of the molecule is Cc1coc(CC(=O)O)c1C(=O)N1CCCCC1CC(C)C. The van der Waals surface area contributed by atoms with E-state index in [1.807, 2.05) is 4.90 Å². The van der Waals surface area contributed by atoms with Crippen LogP contribution in [0.15, 0.2) is 10.7 Å². The van der Waals surface area contributed by atoms with Crippen molar-refractivity contribution in [3.05, 3.63) is 23.2 Å². The molecule has 5 heteroatoms. The number of hydrogen-bond donors (Lipinski definition) is 1. The van der Waals surface area contributed by atoms with E-state index in [1.165, 1.54) is 6.26 Å². The van der Waals surface area contributed by atoms with E-state index in [0.29, 0.717) is 11.5 Å². The number of amides is 1. The highest BCUT2D eigenvalue weighted by Crippen LogP contribution is 2.27. The molecule has 1 unspecified atom stereocenters. The fourth-order valence-electron chi connectivity index (χ4n) is 3.25. The van der Waals surface area contributed by atoms with Crippen LogP contribution in [0.2, 0.25) is 0 Å². The van der Waals surface area contributed by atoms with E-state index in [-0.39, 0.29) is 24.1 Å². The smallest absolute Gasteiger partial charge is 0.311 e. The van der Waals surface area contributed by atoms with Crippen LogP contribution in [-0.2, 0) is 11.2 Å². The molecule has 0 radical (unpaired) electrons. The second kappa shape index (κ2) is 6.99. The number of hydrogen-bond acceptors (Lipinski definition) is 3. The Hall–Kier alpha value is -1.78. The lowest BCUT2D eigenvalue weighted by Crippen LogP contribution is -2.44. The highest BCUT2D eigenvalue weighted by molar-refractivity contribution is 5.97. The molecule has 1 aliphatic heterocycles. The highest BCUT2D eigenvalue weighted by atomic mass is 16.4. The molecule has 5 nitrogen and oxygen atoms in total. The third-order valence-corrected chi connectivity index (χ3v) is 4.21. The van der Waals surface area contributed by atoms with Gasteiger partial charge in [0.15, 0.2) is 0 Å². The summed E-state index contributed by atoms with van der Waals surface area (Å²) in [5.74, 6) is -0.264. The molecule has 0 aliphatic carbocycles. The van der Waals surface area contributed by atoms with Crippen molar-refractivity contribution in [2.45, 2.75) is 58.9 Å². The van der Waals surface area contributed by atoms with Gasteiger partial charge in [-0.25, -0.2) is 0 Å². The van der Waals surface area contributed by atoms with Gasteiger partial charge in [0.1, 0.15) is 12.2 Å². The summed E-state index contributed by atoms with van der Waals surface area (Å²) in [6, 6.07) is 0.244. The third-order valence-electron chi connectivity index (χ3n) is 4.21. The van der Waals surface area contributed by atoms with Gasteiger partial charge in [-0.05, 0) is 38.5 Å². The molecule has 1 fully saturated rings. The fraction of sp³-hybridized carbons (Fsp3) is 0.647. The number of rotatable bonds is 5. The van der Waals surface area contributed by atoms with E-state index in [2.05, 4.69) is 13.8 Å². The summed E-state index contributed by atoms with van der Waals surface area (Å²) >= 11 is 0. The van der Waals surface area contributed by atoms with Gasteiger partial charge in [-0.1, -0.05) is 13.8 Å². The first-order valence-electron chi connectivity index (χ1n) is 7.99. The maximum atomic E-state index is 12.9. The third kappa shape index (κ3) is 3.70. The Kier molecular flexibility index (Phi) is 5.27. The van der Waals surface area contributed by atoms with Gasteiger partial charge in [0.2, 0.25) is 0 Å². The lowest BCUT2D eigenvalue weighted by molar-refractivity contribution is -0.136. The summed E-state index contributed by atoms with van der Waals surface area (Å²) in [6.07, 6.45) is 5.38. The number of carbonyl (C=O) groups is 2. The predicted molar refractivity (Wildman–Crippen MR) is 82.9 cm³/mol. The minimum Gasteiger partial charge on any atom is -0.481 e. The van der Waals surface area contributed by atoms with Crippen LogP contribution in [0.5, 0.6) is 0 Å². The molecule has 0 spiro atoms. The Morgan fingerprint density at radius 2 is 2.14 bits per heavy atom. The maximum absolute atomic E-state index is 12.9. The Labute approximate surface area is 131 Å². The standard InChI is InChI=1S/C17H25NO4/c1-11(2)8-13-6-4-5-7-18(13)17(21)16-12(3)10-22-14(16)9-15(19)20/h10-11,13H,4-9H2,1-3H3,(H,19,20). The van der Waals surface area contributed by atoms with Crippen LogP contribution in [-0.4, -0.2) is 34.5 Å². The van der Waals surface area contributed by atoms with Crippen molar-refractivity contribution < 1.29 is 19.1 Å². The quantitative estimate of drug-likeness (QED) is 0.906. The summed E-state index contributed by atoms with van der Waals surface area (Å²) in [6.45, 7) is 6.86. The van der Waals surface area contributed by atoms with Gasteiger partial charge in [0, 0.05) is 18.2 Å². The number of aliphatic carboxylic acids is 1. The molecule has 122 valence electrons. The molecule has 1 amide bonds. The lowest BCUT2D eigenvalue weighted by atomic mass is 9.93. The van der Waals surface area contributed by atoms with Crippen LogP contribution in [0.4, 0.5) is 0 Å². The van der Waals surface area contributed by atoms with E-state index in [0.717, 1.165) is 37.8 Å². The number of carbonyl (C=O) groups excluding carboxylic acids is 1. The van der Waals surface area contributed by atoms with Crippen molar-refractivity contribution in [1.82, 2.24) is 4.90 Å². The van der Waals surface area contributed by atoms with Crippen molar-refractivity contribution in [2.75, 3.05) is 6.54 Å². The molecule has 22 heavy (non-hydrogen) atoms. The first-order chi connectivity index (χ1) is 10.4. The molecule has 1 aromatic rings. The topological polar surface area (TPSA) is 70.7 Å². The highest BCUT2D eigenvalue weighted by Gasteiger charge is 2.31. The van der Waals surface area contributed by atoms with E-state index >= 15 is 0 Å². The Balaban J connectivity index is 2.25. The molecule has 0 aromatic carbocycles. The van der Waals surface area contributed by atoms with Crippen LogP contribution in [0, 0.1) is 12.8 Å². The van der Waals surface area contributed by atoms with Crippen LogP contribution in [0.3, 0.4) is 0 Å². The summed E-state index contributed by atoms with van der Waals surface area (Å²) in [7, 11) is 0. The van der Waals surface area contributed by atoms with Crippen LogP contribution in [0.1, 0.15) is 61.2 Å². The maximum Gasteiger partial charge on any atom is 0.311 e. The largest absolute Gasteiger partial charge is 0.481 e. The average molecular weight is 307 g/mol. The van der Waals surface area contributed by atoms with Crippen LogP contribution in [0.25, 0.3) is 0 Å². The van der Waals surface area contributed by atoms with Crippen molar-refractivity contribution in [3.63, 3.8) is 0 Å². The summed E-state index contributed by atoms with van der Waals surface area (Å²) in [5.41, 5.74) is 1.16. The Bertz CT molecular complexity index is 547. The van der Waals surface area contributed by atoms with Gasteiger partial charge in [-0.3, -0.25) is 9.59 Å². The molecule has 1 aromatic heterocycles. The molecule has 1 atom stereocenters. The summed E-state index contributed by atoms with van der Waals surface area (Å²) in [4.78, 5) is 25.8. The van der Waals surface area contributed by atoms with E-state index in [1.54, 1.807) is 6.92 Å². The zero-order chi connectivity index (χ0) is 16.3. The number of furan rings is 1. The van der Waals surface area contributed by atoms with E-state index in [4.69, 9.17) is 9.52 Å². The van der Waals surface area contributed by atoms with E-state index in [9.17, 15) is 9.59 Å². The van der Waals surface area contributed by atoms with Crippen molar-refractivity contribution in [2.24, 2.45) is 5.92 Å². The first kappa shape index (κ1) is 16.6. The number of likely N-dealkylation sites (tertiary alicyclic amines) is 1. The number of piperidine rings is 1. The van der Waals surface area contributed by atoms with Gasteiger partial charge in [0.05, 0.1) is 11.8 Å². The molecule has 1 aliphatic rings. The summed E-state index contributed by atoms with van der Waals surface area (Å²) in [5, 5.41) is 8.98. The first-order valence-corrected chi connectivity index (χ1v) is 7.99. The Morgan fingerprint density at radius 1 is 1.41 bits per heavy atom. The van der Waals surface area contributed by atoms with Gasteiger partial charge >= 0.3 is 5.97 Å². The van der Waals surface area contributed by atoms with Crippen molar-refractivity contribution >= 4 is 11.9 Å². The van der Waals surface area contributed by atoms with Gasteiger partial charge in [0.25, 0.3) is 5.91 Å². The molecule has 2 heterocycles.